The van der Waals surface area contributed by atoms with E-state index in [2.05, 4.69) is 10.1 Å². The summed E-state index contributed by atoms with van der Waals surface area (Å²) in [6, 6.07) is 1.59. The van der Waals surface area contributed by atoms with Crippen molar-refractivity contribution in [2.24, 2.45) is 11.8 Å². The highest BCUT2D eigenvalue weighted by Crippen LogP contribution is 2.47. The molecular formula is C19H22N4O4. The van der Waals surface area contributed by atoms with Crippen LogP contribution in [0.3, 0.4) is 0 Å². The van der Waals surface area contributed by atoms with Gasteiger partial charge in [0, 0.05) is 36.5 Å². The highest BCUT2D eigenvalue weighted by atomic mass is 16.5. The van der Waals surface area contributed by atoms with E-state index in [0.717, 1.165) is 18.5 Å². The minimum absolute atomic E-state index is 0.154. The summed E-state index contributed by atoms with van der Waals surface area (Å²) in [5.74, 6) is 1.67. The second-order valence-corrected chi connectivity index (χ2v) is 6.94. The first-order valence-electron chi connectivity index (χ1n) is 9.10. The third-order valence-electron chi connectivity index (χ3n) is 5.26. The van der Waals surface area contributed by atoms with Crippen LogP contribution in [0.5, 0.6) is 5.75 Å². The van der Waals surface area contributed by atoms with Gasteiger partial charge in [-0.05, 0) is 26.2 Å². The van der Waals surface area contributed by atoms with Crippen LogP contribution in [0.15, 0.2) is 24.7 Å². The number of hydrogen-bond donors (Lipinski definition) is 0. The predicted octanol–water partition coefficient (Wildman–Crippen LogP) is 2.06. The van der Waals surface area contributed by atoms with Crippen molar-refractivity contribution in [3.63, 3.8) is 0 Å². The van der Waals surface area contributed by atoms with E-state index in [0.29, 0.717) is 29.7 Å². The summed E-state index contributed by atoms with van der Waals surface area (Å²) in [4.78, 5) is 30.4. The van der Waals surface area contributed by atoms with Crippen LogP contribution in [0.1, 0.15) is 42.2 Å². The number of methoxy groups -OCH3 is 1. The van der Waals surface area contributed by atoms with Crippen molar-refractivity contribution in [2.75, 3.05) is 25.2 Å². The zero-order valence-corrected chi connectivity index (χ0v) is 15.6. The molecule has 0 aromatic carbocycles. The Morgan fingerprint density at radius 3 is 2.89 bits per heavy atom. The molecule has 8 nitrogen and oxygen atoms in total. The molecule has 1 aliphatic carbocycles. The number of carbonyl (C=O) groups is 2. The third kappa shape index (κ3) is 3.05. The van der Waals surface area contributed by atoms with Crippen LogP contribution in [-0.4, -0.2) is 46.9 Å². The molecule has 2 aromatic rings. The summed E-state index contributed by atoms with van der Waals surface area (Å²) in [7, 11) is 1.59. The highest BCUT2D eigenvalue weighted by Gasteiger charge is 2.52. The van der Waals surface area contributed by atoms with E-state index in [9.17, 15) is 9.59 Å². The Labute approximate surface area is 157 Å². The molecule has 1 saturated carbocycles. The Morgan fingerprint density at radius 2 is 2.22 bits per heavy atom. The lowest BCUT2D eigenvalue weighted by atomic mass is 10.1. The number of aromatic nitrogens is 3. The molecule has 1 saturated heterocycles. The third-order valence-corrected chi connectivity index (χ3v) is 5.26. The molecule has 0 N–H and O–H groups in total. The maximum absolute atomic E-state index is 12.3. The highest BCUT2D eigenvalue weighted by molar-refractivity contribution is 5.99. The quantitative estimate of drug-likeness (QED) is 0.724. The molecule has 3 atom stereocenters. The van der Waals surface area contributed by atoms with Crippen molar-refractivity contribution >= 4 is 17.7 Å². The summed E-state index contributed by atoms with van der Waals surface area (Å²) in [5, 5.41) is 4.27. The monoisotopic (exact) mass is 370 g/mol. The number of fused-ring (bicyclic) bond motifs is 1. The Bertz CT molecular complexity index is 894. The van der Waals surface area contributed by atoms with Gasteiger partial charge in [-0.25, -0.2) is 9.78 Å². The van der Waals surface area contributed by atoms with Crippen LogP contribution in [0.25, 0.3) is 0 Å². The van der Waals surface area contributed by atoms with Crippen molar-refractivity contribution in [2.45, 2.75) is 26.3 Å². The maximum Gasteiger partial charge on any atom is 0.341 e. The Balaban J connectivity index is 1.58. The summed E-state index contributed by atoms with van der Waals surface area (Å²) >= 11 is 0. The Morgan fingerprint density at radius 1 is 1.41 bits per heavy atom. The number of nitrogens with zero attached hydrogens (tertiary/aromatic N) is 4. The first kappa shape index (κ1) is 17.5. The summed E-state index contributed by atoms with van der Waals surface area (Å²) in [5.41, 5.74) is 1.21. The predicted molar refractivity (Wildman–Crippen MR) is 96.7 cm³/mol. The number of piperidine rings is 1. The lowest BCUT2D eigenvalue weighted by molar-refractivity contribution is -0.118. The van der Waals surface area contributed by atoms with Gasteiger partial charge in [0.2, 0.25) is 5.91 Å². The van der Waals surface area contributed by atoms with Gasteiger partial charge in [-0.3, -0.25) is 14.4 Å². The van der Waals surface area contributed by atoms with Crippen LogP contribution in [0.4, 0.5) is 5.82 Å². The van der Waals surface area contributed by atoms with E-state index in [1.807, 2.05) is 6.92 Å². The first-order valence-corrected chi connectivity index (χ1v) is 9.10. The standard InChI is InChI=1S/C19H22N4O4/c1-4-27-19(25)13-7-21-23(10-13)11(2)15-8-20-17(6-16(15)26-3)22-9-12-5-14(12)18(22)24/h6-8,10-12,14H,4-5,9H2,1-3H3/t11?,12-,14-/m1/s1. The number of amides is 1. The molecule has 2 fully saturated rings. The summed E-state index contributed by atoms with van der Waals surface area (Å²) in [6.45, 7) is 4.75. The number of esters is 1. The summed E-state index contributed by atoms with van der Waals surface area (Å²) in [6.07, 6.45) is 5.84. The van der Waals surface area contributed by atoms with Gasteiger partial charge in [0.25, 0.3) is 0 Å². The zero-order valence-electron chi connectivity index (χ0n) is 15.6. The molecule has 1 amide bonds. The second kappa shape index (κ2) is 6.68. The number of pyridine rings is 1. The molecule has 27 heavy (non-hydrogen) atoms. The molecule has 2 aromatic heterocycles. The number of hydrogen-bond acceptors (Lipinski definition) is 6. The molecule has 8 heteroatoms. The van der Waals surface area contributed by atoms with E-state index in [-0.39, 0.29) is 17.9 Å². The van der Waals surface area contributed by atoms with Gasteiger partial charge in [-0.1, -0.05) is 0 Å². The molecule has 0 radical (unpaired) electrons. The molecule has 1 unspecified atom stereocenters. The van der Waals surface area contributed by atoms with Crippen molar-refractivity contribution in [3.8, 4) is 5.75 Å². The minimum atomic E-state index is -0.400. The van der Waals surface area contributed by atoms with Crippen LogP contribution < -0.4 is 9.64 Å². The lowest BCUT2D eigenvalue weighted by Gasteiger charge is -2.21. The van der Waals surface area contributed by atoms with Crippen LogP contribution in [-0.2, 0) is 9.53 Å². The van der Waals surface area contributed by atoms with Gasteiger partial charge in [0.05, 0.1) is 31.5 Å². The van der Waals surface area contributed by atoms with Gasteiger partial charge in [0.15, 0.2) is 0 Å². The Kier molecular flexibility index (Phi) is 4.33. The average molecular weight is 370 g/mol. The summed E-state index contributed by atoms with van der Waals surface area (Å²) < 4.78 is 12.2. The molecule has 0 spiro atoms. The van der Waals surface area contributed by atoms with Crippen LogP contribution in [0.2, 0.25) is 0 Å². The molecule has 0 bridgehead atoms. The van der Waals surface area contributed by atoms with E-state index in [1.54, 1.807) is 42.1 Å². The van der Waals surface area contributed by atoms with Crippen molar-refractivity contribution in [1.29, 1.82) is 0 Å². The van der Waals surface area contributed by atoms with Crippen LogP contribution >= 0.6 is 0 Å². The van der Waals surface area contributed by atoms with Crippen molar-refractivity contribution < 1.29 is 19.1 Å². The number of ether oxygens (including phenoxy) is 2. The Hall–Kier alpha value is -2.90. The maximum atomic E-state index is 12.3. The smallest absolute Gasteiger partial charge is 0.341 e. The van der Waals surface area contributed by atoms with E-state index >= 15 is 0 Å². The fraction of sp³-hybridized carbons (Fsp3) is 0.474. The van der Waals surface area contributed by atoms with Gasteiger partial charge in [-0.2, -0.15) is 5.10 Å². The largest absolute Gasteiger partial charge is 0.496 e. The molecule has 142 valence electrons. The van der Waals surface area contributed by atoms with E-state index in [1.165, 1.54) is 6.20 Å². The van der Waals surface area contributed by atoms with Gasteiger partial charge >= 0.3 is 5.97 Å². The second-order valence-electron chi connectivity index (χ2n) is 6.94. The van der Waals surface area contributed by atoms with Gasteiger partial charge in [0.1, 0.15) is 11.6 Å². The number of rotatable bonds is 6. The topological polar surface area (TPSA) is 86.5 Å². The van der Waals surface area contributed by atoms with Gasteiger partial charge in [-0.15, -0.1) is 0 Å². The fourth-order valence-electron chi connectivity index (χ4n) is 3.57. The van der Waals surface area contributed by atoms with Gasteiger partial charge < -0.3 is 9.47 Å². The first-order chi connectivity index (χ1) is 13.0. The lowest BCUT2D eigenvalue weighted by Crippen LogP contribution is -2.28. The molecule has 4 rings (SSSR count). The molecule has 1 aliphatic heterocycles. The molecule has 2 aliphatic rings. The van der Waals surface area contributed by atoms with E-state index in [4.69, 9.17) is 9.47 Å². The van der Waals surface area contributed by atoms with Crippen LogP contribution in [0, 0.1) is 11.8 Å². The fourth-order valence-corrected chi connectivity index (χ4v) is 3.57. The number of anilines is 1. The average Bonchev–Trinajstić information content (AvgIpc) is 3.13. The SMILES string of the molecule is CCOC(=O)c1cnn(C(C)c2cnc(N3C[C@H]4C[C@H]4C3=O)cc2OC)c1. The number of carbonyl (C=O) groups excluding carboxylic acids is 2. The van der Waals surface area contributed by atoms with Crippen molar-refractivity contribution in [1.82, 2.24) is 14.8 Å². The van der Waals surface area contributed by atoms with Crippen molar-refractivity contribution in [3.05, 3.63) is 35.8 Å². The zero-order chi connectivity index (χ0) is 19.1. The van der Waals surface area contributed by atoms with E-state index < -0.39 is 5.97 Å². The normalized spacial score (nSPS) is 21.7. The minimum Gasteiger partial charge on any atom is -0.496 e. The molecule has 3 heterocycles. The molecular weight excluding hydrogens is 348 g/mol.